The summed E-state index contributed by atoms with van der Waals surface area (Å²) in [6.07, 6.45) is 1.75. The second-order valence-electron chi connectivity index (χ2n) is 7.42. The van der Waals surface area contributed by atoms with Crippen LogP contribution in [0, 0.1) is 6.92 Å². The van der Waals surface area contributed by atoms with Crippen LogP contribution >= 0.6 is 0 Å². The van der Waals surface area contributed by atoms with Gasteiger partial charge in [0.1, 0.15) is 5.69 Å². The minimum atomic E-state index is 0.331. The highest BCUT2D eigenvalue weighted by Gasteiger charge is 2.16. The topological polar surface area (TPSA) is 94.0 Å². The van der Waals surface area contributed by atoms with Gasteiger partial charge < -0.3 is 15.1 Å². The van der Waals surface area contributed by atoms with Gasteiger partial charge in [0.2, 0.25) is 5.89 Å². The van der Waals surface area contributed by atoms with Gasteiger partial charge in [0.25, 0.3) is 5.89 Å². The van der Waals surface area contributed by atoms with Crippen LogP contribution in [0.3, 0.4) is 0 Å². The predicted molar refractivity (Wildman–Crippen MR) is 122 cm³/mol. The van der Waals surface area contributed by atoms with Crippen molar-refractivity contribution in [1.82, 2.24) is 25.1 Å². The summed E-state index contributed by atoms with van der Waals surface area (Å²) in [4.78, 5) is 11.2. The molecule has 7 heteroatoms. The van der Waals surface area contributed by atoms with Crippen LogP contribution in [-0.4, -0.2) is 39.2 Å². The van der Waals surface area contributed by atoms with Crippen molar-refractivity contribution in [3.05, 3.63) is 78.1 Å². The molecule has 2 aromatic carbocycles. The fraction of sp³-hybridized carbons (Fsp3) is 0.167. The number of nitrogens with two attached hydrogens (primary N) is 1. The molecule has 4 aromatic rings. The van der Waals surface area contributed by atoms with Crippen LogP contribution in [-0.2, 0) is 6.54 Å². The summed E-state index contributed by atoms with van der Waals surface area (Å²) in [6, 6.07) is 15.8. The lowest BCUT2D eigenvalue weighted by molar-refractivity contribution is 0.581. The highest BCUT2D eigenvalue weighted by atomic mass is 16.4. The van der Waals surface area contributed by atoms with E-state index in [2.05, 4.69) is 21.8 Å². The smallest absolute Gasteiger partial charge is 0.268 e. The summed E-state index contributed by atoms with van der Waals surface area (Å²) < 4.78 is 5.92. The van der Waals surface area contributed by atoms with E-state index in [0.29, 0.717) is 29.7 Å². The molecule has 0 saturated carbocycles. The quantitative estimate of drug-likeness (QED) is 0.508. The molecule has 2 aromatic heterocycles. The van der Waals surface area contributed by atoms with Crippen molar-refractivity contribution in [2.75, 3.05) is 14.1 Å². The Balaban J connectivity index is 1.66. The van der Waals surface area contributed by atoms with E-state index in [1.165, 1.54) is 0 Å². The van der Waals surface area contributed by atoms with E-state index in [1.807, 2.05) is 74.4 Å². The maximum absolute atomic E-state index is 5.92. The van der Waals surface area contributed by atoms with Crippen LogP contribution in [0.5, 0.6) is 0 Å². The molecule has 0 saturated heterocycles. The van der Waals surface area contributed by atoms with E-state index in [4.69, 9.17) is 15.1 Å². The lowest BCUT2D eigenvalue weighted by Crippen LogP contribution is -2.08. The van der Waals surface area contributed by atoms with Crippen molar-refractivity contribution in [3.63, 3.8) is 0 Å². The second-order valence-corrected chi connectivity index (χ2v) is 7.42. The zero-order valence-electron chi connectivity index (χ0n) is 17.8. The number of aryl methyl sites for hydroxylation is 1. The first kappa shape index (κ1) is 20.4. The van der Waals surface area contributed by atoms with E-state index < -0.39 is 0 Å². The number of hydrogen-bond donors (Lipinski definition) is 1. The first-order valence-electron chi connectivity index (χ1n) is 9.90. The van der Waals surface area contributed by atoms with E-state index in [0.717, 1.165) is 33.6 Å². The Morgan fingerprint density at radius 1 is 1.03 bits per heavy atom. The van der Waals surface area contributed by atoms with Crippen molar-refractivity contribution >= 4 is 5.70 Å². The van der Waals surface area contributed by atoms with Crippen LogP contribution in [0.15, 0.2) is 65.7 Å². The van der Waals surface area contributed by atoms with Crippen molar-refractivity contribution < 1.29 is 4.42 Å². The zero-order chi connectivity index (χ0) is 22.0. The van der Waals surface area contributed by atoms with Gasteiger partial charge in [-0.1, -0.05) is 43.0 Å². The molecular weight excluding hydrogens is 388 g/mol. The molecule has 7 nitrogen and oxygen atoms in total. The maximum Gasteiger partial charge on any atom is 0.268 e. The third kappa shape index (κ3) is 4.22. The first-order chi connectivity index (χ1) is 15.0. The van der Waals surface area contributed by atoms with Gasteiger partial charge in [-0.05, 0) is 30.2 Å². The predicted octanol–water partition coefficient (Wildman–Crippen LogP) is 4.16. The number of aromatic nitrogens is 4. The van der Waals surface area contributed by atoms with Gasteiger partial charge in [0, 0.05) is 37.5 Å². The lowest BCUT2D eigenvalue weighted by Gasteiger charge is -2.16. The Hall–Kier alpha value is -3.84. The molecule has 31 heavy (non-hydrogen) atoms. The fourth-order valence-corrected chi connectivity index (χ4v) is 3.15. The summed E-state index contributed by atoms with van der Waals surface area (Å²) in [7, 11) is 3.94. The van der Waals surface area contributed by atoms with E-state index in [1.54, 1.807) is 6.20 Å². The monoisotopic (exact) mass is 412 g/mol. The van der Waals surface area contributed by atoms with E-state index >= 15 is 0 Å². The highest BCUT2D eigenvalue weighted by Crippen LogP contribution is 2.27. The van der Waals surface area contributed by atoms with E-state index in [-0.39, 0.29) is 0 Å². The molecule has 0 aliphatic carbocycles. The maximum atomic E-state index is 5.92. The third-order valence-electron chi connectivity index (χ3n) is 5.05. The Bertz CT molecular complexity index is 1230. The average Bonchev–Trinajstić information content (AvgIpc) is 3.29. The number of nitrogens with zero attached hydrogens (tertiary/aromatic N) is 5. The minimum absolute atomic E-state index is 0.331. The first-order valence-corrected chi connectivity index (χ1v) is 9.90. The molecule has 0 amide bonds. The largest absolute Gasteiger partial charge is 0.415 e. The molecule has 0 unspecified atom stereocenters. The van der Waals surface area contributed by atoms with Gasteiger partial charge in [0.15, 0.2) is 0 Å². The van der Waals surface area contributed by atoms with Gasteiger partial charge in [-0.25, -0.2) is 4.98 Å². The summed E-state index contributed by atoms with van der Waals surface area (Å²) in [5, 5.41) is 8.39. The molecule has 0 atom stereocenters. The van der Waals surface area contributed by atoms with Gasteiger partial charge in [0.05, 0.1) is 17.6 Å². The van der Waals surface area contributed by atoms with Gasteiger partial charge in [-0.3, -0.25) is 4.98 Å². The standard InChI is InChI=1S/C24H24N6O/c1-15-22(24-29-28-23(31-24)20-7-5-6-17(12-20)13-25)27-21(14-26-15)19-10-8-18(9-11-19)16(2)30(3)4/h5-12,14H,2,13,25H2,1,3-4H3. The molecule has 4 rings (SSSR count). The number of benzene rings is 2. The lowest BCUT2D eigenvalue weighted by atomic mass is 10.1. The molecule has 0 fully saturated rings. The van der Waals surface area contributed by atoms with Crippen molar-refractivity contribution in [2.24, 2.45) is 5.73 Å². The molecule has 2 heterocycles. The second kappa shape index (κ2) is 8.49. The zero-order valence-corrected chi connectivity index (χ0v) is 17.8. The highest BCUT2D eigenvalue weighted by molar-refractivity contribution is 5.68. The van der Waals surface area contributed by atoms with Gasteiger partial charge >= 0.3 is 0 Å². The molecule has 0 aliphatic heterocycles. The Morgan fingerprint density at radius 2 is 1.77 bits per heavy atom. The molecule has 156 valence electrons. The van der Waals surface area contributed by atoms with Crippen LogP contribution < -0.4 is 5.73 Å². The number of rotatable bonds is 6. The summed E-state index contributed by atoms with van der Waals surface area (Å²) in [6.45, 7) is 6.41. The van der Waals surface area contributed by atoms with Gasteiger partial charge in [-0.15, -0.1) is 10.2 Å². The van der Waals surface area contributed by atoms with Crippen molar-refractivity contribution in [2.45, 2.75) is 13.5 Å². The van der Waals surface area contributed by atoms with Crippen LogP contribution in [0.4, 0.5) is 0 Å². The van der Waals surface area contributed by atoms with Crippen LogP contribution in [0.25, 0.3) is 40.0 Å². The number of hydrogen-bond acceptors (Lipinski definition) is 7. The molecular formula is C24H24N6O. The molecule has 2 N–H and O–H groups in total. The molecule has 0 aliphatic rings. The Kier molecular flexibility index (Phi) is 5.60. The molecule has 0 bridgehead atoms. The SMILES string of the molecule is C=C(c1ccc(-c2cnc(C)c(-c3nnc(-c4cccc(CN)c4)o3)n2)cc1)N(C)C. The average molecular weight is 412 g/mol. The summed E-state index contributed by atoms with van der Waals surface area (Å²) in [5.41, 5.74) is 12.5. The minimum Gasteiger partial charge on any atom is -0.415 e. The molecule has 0 radical (unpaired) electrons. The van der Waals surface area contributed by atoms with Crippen molar-refractivity contribution in [3.8, 4) is 34.3 Å². The summed E-state index contributed by atoms with van der Waals surface area (Å²) in [5.74, 6) is 0.751. The normalized spacial score (nSPS) is 10.8. The molecule has 0 spiro atoms. The van der Waals surface area contributed by atoms with Crippen LogP contribution in [0.1, 0.15) is 16.8 Å². The third-order valence-corrected chi connectivity index (χ3v) is 5.05. The Morgan fingerprint density at radius 3 is 2.48 bits per heavy atom. The fourth-order valence-electron chi connectivity index (χ4n) is 3.15. The Labute approximate surface area is 181 Å². The summed E-state index contributed by atoms with van der Waals surface area (Å²) >= 11 is 0. The van der Waals surface area contributed by atoms with Gasteiger partial charge in [-0.2, -0.15) is 0 Å². The van der Waals surface area contributed by atoms with Crippen molar-refractivity contribution in [1.29, 1.82) is 0 Å². The van der Waals surface area contributed by atoms with E-state index in [9.17, 15) is 0 Å². The van der Waals surface area contributed by atoms with Crippen LogP contribution in [0.2, 0.25) is 0 Å².